The summed E-state index contributed by atoms with van der Waals surface area (Å²) in [5.74, 6) is 3.45. The molecule has 2 nitrogen and oxygen atoms in total. The van der Waals surface area contributed by atoms with E-state index in [1.54, 1.807) is 0 Å². The number of fused-ring (bicyclic) bond motifs is 2. The van der Waals surface area contributed by atoms with Crippen LogP contribution in [-0.2, 0) is 15.6 Å². The molecule has 0 aliphatic heterocycles. The van der Waals surface area contributed by atoms with Crippen molar-refractivity contribution < 1.29 is 9.53 Å². The van der Waals surface area contributed by atoms with E-state index in [0.717, 1.165) is 19.3 Å². The summed E-state index contributed by atoms with van der Waals surface area (Å²) in [6.45, 7) is 0. The molecular formula is C28H25O2S+. The number of terminal acetylenes is 1. The highest BCUT2D eigenvalue weighted by Crippen LogP contribution is 2.52. The van der Waals surface area contributed by atoms with E-state index in [1.807, 2.05) is 36.4 Å². The predicted molar refractivity (Wildman–Crippen MR) is 124 cm³/mol. The Kier molecular flexibility index (Phi) is 5.34. The molecule has 0 radical (unpaired) electrons. The number of carbonyl (C=O) groups is 1. The van der Waals surface area contributed by atoms with Crippen molar-refractivity contribution in [1.29, 1.82) is 0 Å². The molecule has 5 rings (SSSR count). The molecule has 3 unspecified atom stereocenters. The molecule has 0 amide bonds. The second-order valence-corrected chi connectivity index (χ2v) is 10.5. The van der Waals surface area contributed by atoms with E-state index >= 15 is 0 Å². The van der Waals surface area contributed by atoms with Crippen molar-refractivity contribution in [2.45, 2.75) is 46.0 Å². The fraction of sp³-hybridized carbons (Fsp3) is 0.250. The third kappa shape index (κ3) is 3.77. The fourth-order valence-corrected chi connectivity index (χ4v) is 7.17. The smallest absolute Gasteiger partial charge is 0.339 e. The SMILES string of the molecule is C#CC1(OC(=O)c2ccc([S+](c3ccccc3)c3ccccc3)cc2)CC2CCC1C2. The molecule has 3 aromatic carbocycles. The lowest BCUT2D eigenvalue weighted by atomic mass is 9.84. The maximum Gasteiger partial charge on any atom is 0.339 e. The molecule has 0 spiro atoms. The first-order chi connectivity index (χ1) is 15.2. The van der Waals surface area contributed by atoms with E-state index in [-0.39, 0.29) is 16.9 Å². The lowest BCUT2D eigenvalue weighted by Gasteiger charge is -2.32. The zero-order valence-electron chi connectivity index (χ0n) is 17.4. The number of ether oxygens (including phenoxy) is 1. The minimum absolute atomic E-state index is 0.236. The van der Waals surface area contributed by atoms with Crippen LogP contribution in [-0.4, -0.2) is 11.6 Å². The zero-order chi connectivity index (χ0) is 21.3. The Bertz CT molecular complexity index is 1060. The first-order valence-electron chi connectivity index (χ1n) is 10.8. The van der Waals surface area contributed by atoms with Crippen molar-refractivity contribution in [3.05, 3.63) is 90.5 Å². The summed E-state index contributed by atoms with van der Waals surface area (Å²) in [6.07, 6.45) is 10.0. The maximum absolute atomic E-state index is 12.9. The number of carbonyl (C=O) groups excluding carboxylic acids is 1. The van der Waals surface area contributed by atoms with Crippen LogP contribution in [0.15, 0.2) is 99.6 Å². The number of hydrogen-bond acceptors (Lipinski definition) is 2. The molecular weight excluding hydrogens is 400 g/mol. The normalized spacial score (nSPS) is 24.1. The van der Waals surface area contributed by atoms with Crippen LogP contribution < -0.4 is 0 Å². The molecule has 0 N–H and O–H groups in total. The third-order valence-electron chi connectivity index (χ3n) is 6.60. The van der Waals surface area contributed by atoms with E-state index < -0.39 is 5.60 Å². The molecule has 0 aromatic heterocycles. The molecule has 2 aliphatic carbocycles. The highest BCUT2D eigenvalue weighted by atomic mass is 32.2. The molecule has 154 valence electrons. The molecule has 2 saturated carbocycles. The second kappa shape index (κ2) is 8.29. The Morgan fingerprint density at radius 3 is 1.94 bits per heavy atom. The van der Waals surface area contributed by atoms with Crippen LogP contribution in [0, 0.1) is 24.2 Å². The molecule has 3 atom stereocenters. The van der Waals surface area contributed by atoms with Crippen LogP contribution in [0.3, 0.4) is 0 Å². The van der Waals surface area contributed by atoms with Gasteiger partial charge in [0.05, 0.1) is 16.5 Å². The van der Waals surface area contributed by atoms with Crippen LogP contribution in [0.2, 0.25) is 0 Å². The minimum atomic E-state index is -0.711. The van der Waals surface area contributed by atoms with Gasteiger partial charge in [-0.25, -0.2) is 4.79 Å². The van der Waals surface area contributed by atoms with E-state index in [2.05, 4.69) is 54.5 Å². The maximum atomic E-state index is 12.9. The molecule has 2 bridgehead atoms. The standard InChI is InChI=1S/C28H25O2S/c1-2-28(20-21-13-16-23(28)19-21)30-27(29)22-14-17-26(18-15-22)31(24-9-5-3-6-10-24)25-11-7-4-8-12-25/h1,3-12,14-15,17-18,21,23H,13,16,19-20H2/q+1. The van der Waals surface area contributed by atoms with Gasteiger partial charge in [-0.05, 0) is 73.7 Å². The minimum Gasteiger partial charge on any atom is -0.442 e. The first-order valence-corrected chi connectivity index (χ1v) is 12.1. The van der Waals surface area contributed by atoms with Gasteiger partial charge >= 0.3 is 5.97 Å². The van der Waals surface area contributed by atoms with Gasteiger partial charge < -0.3 is 4.74 Å². The Morgan fingerprint density at radius 2 is 1.45 bits per heavy atom. The molecule has 31 heavy (non-hydrogen) atoms. The average Bonchev–Trinajstić information content (AvgIpc) is 3.43. The first kappa shape index (κ1) is 20.0. The molecule has 2 fully saturated rings. The van der Waals surface area contributed by atoms with Gasteiger partial charge in [0, 0.05) is 12.3 Å². The van der Waals surface area contributed by atoms with E-state index in [1.165, 1.54) is 21.1 Å². The lowest BCUT2D eigenvalue weighted by molar-refractivity contribution is -0.0150. The molecule has 0 saturated heterocycles. The van der Waals surface area contributed by atoms with E-state index in [9.17, 15) is 4.79 Å². The Labute approximate surface area is 187 Å². The van der Waals surface area contributed by atoms with Crippen molar-refractivity contribution in [2.75, 3.05) is 0 Å². The lowest BCUT2D eigenvalue weighted by Crippen LogP contribution is -2.39. The van der Waals surface area contributed by atoms with Crippen LogP contribution >= 0.6 is 0 Å². The highest BCUT2D eigenvalue weighted by Gasteiger charge is 2.53. The molecule has 0 heterocycles. The van der Waals surface area contributed by atoms with Gasteiger partial charge in [-0.1, -0.05) is 42.3 Å². The van der Waals surface area contributed by atoms with E-state index in [4.69, 9.17) is 11.2 Å². The number of rotatable bonds is 5. The van der Waals surface area contributed by atoms with Crippen LogP contribution in [0.25, 0.3) is 0 Å². The Morgan fingerprint density at radius 1 is 0.871 bits per heavy atom. The number of hydrogen-bond donors (Lipinski definition) is 0. The number of esters is 1. The summed E-state index contributed by atoms with van der Waals surface area (Å²) in [7, 11) is -0.236. The Balaban J connectivity index is 1.41. The highest BCUT2D eigenvalue weighted by molar-refractivity contribution is 7.97. The van der Waals surface area contributed by atoms with Crippen LogP contribution in [0.1, 0.15) is 36.0 Å². The van der Waals surface area contributed by atoms with E-state index in [0.29, 0.717) is 17.4 Å². The summed E-state index contributed by atoms with van der Waals surface area (Å²) < 4.78 is 5.96. The van der Waals surface area contributed by atoms with Gasteiger partial charge in [0.25, 0.3) is 0 Å². The summed E-state index contributed by atoms with van der Waals surface area (Å²) >= 11 is 0. The van der Waals surface area contributed by atoms with Gasteiger partial charge in [-0.3, -0.25) is 0 Å². The van der Waals surface area contributed by atoms with Crippen molar-refractivity contribution >= 4 is 16.9 Å². The predicted octanol–water partition coefficient (Wildman–Crippen LogP) is 6.13. The van der Waals surface area contributed by atoms with Gasteiger partial charge in [0.15, 0.2) is 20.3 Å². The second-order valence-electron chi connectivity index (χ2n) is 8.46. The van der Waals surface area contributed by atoms with Crippen molar-refractivity contribution in [3.8, 4) is 12.3 Å². The average molecular weight is 426 g/mol. The molecule has 3 aromatic rings. The van der Waals surface area contributed by atoms with Gasteiger partial charge in [-0.2, -0.15) is 0 Å². The zero-order valence-corrected chi connectivity index (χ0v) is 18.2. The fourth-order valence-electron chi connectivity index (χ4n) is 5.08. The van der Waals surface area contributed by atoms with Crippen molar-refractivity contribution in [2.24, 2.45) is 11.8 Å². The summed E-state index contributed by atoms with van der Waals surface area (Å²) in [6, 6.07) is 28.8. The molecule has 2 aliphatic rings. The van der Waals surface area contributed by atoms with Gasteiger partial charge in [-0.15, -0.1) is 6.42 Å². The summed E-state index contributed by atoms with van der Waals surface area (Å²) in [5, 5.41) is 0. The quantitative estimate of drug-likeness (QED) is 0.279. The summed E-state index contributed by atoms with van der Waals surface area (Å²) in [4.78, 5) is 16.6. The topological polar surface area (TPSA) is 26.3 Å². The van der Waals surface area contributed by atoms with Crippen LogP contribution in [0.4, 0.5) is 0 Å². The monoisotopic (exact) mass is 425 g/mol. The van der Waals surface area contributed by atoms with Crippen LogP contribution in [0.5, 0.6) is 0 Å². The summed E-state index contributed by atoms with van der Waals surface area (Å²) in [5.41, 5.74) is -0.150. The third-order valence-corrected chi connectivity index (χ3v) is 8.83. The van der Waals surface area contributed by atoms with Crippen molar-refractivity contribution in [3.63, 3.8) is 0 Å². The van der Waals surface area contributed by atoms with Gasteiger partial charge in [0.2, 0.25) is 0 Å². The van der Waals surface area contributed by atoms with Gasteiger partial charge in [0.1, 0.15) is 0 Å². The van der Waals surface area contributed by atoms with Crippen molar-refractivity contribution in [1.82, 2.24) is 0 Å². The number of benzene rings is 3. The molecule has 3 heteroatoms. The largest absolute Gasteiger partial charge is 0.442 e. The Hall–Kier alpha value is -2.96.